The Bertz CT molecular complexity index is 542. The maximum absolute atomic E-state index is 13.0. The predicted molar refractivity (Wildman–Crippen MR) is 71.4 cm³/mol. The lowest BCUT2D eigenvalue weighted by Gasteiger charge is -2.14. The van der Waals surface area contributed by atoms with Gasteiger partial charge in [-0.3, -0.25) is 14.5 Å². The Morgan fingerprint density at radius 3 is 2.80 bits per heavy atom. The van der Waals surface area contributed by atoms with Gasteiger partial charge in [-0.05, 0) is 43.5 Å². The highest BCUT2D eigenvalue weighted by Crippen LogP contribution is 2.31. The molecule has 0 aromatic heterocycles. The SMILES string of the molecule is O=C1CC(NCCc2cccc(F)c2)C(=O)N1C1CC1. The number of carbonyl (C=O) groups excluding carboxylic acids is 2. The summed E-state index contributed by atoms with van der Waals surface area (Å²) < 4.78 is 13.0. The van der Waals surface area contributed by atoms with Gasteiger partial charge in [0, 0.05) is 6.04 Å². The van der Waals surface area contributed by atoms with Gasteiger partial charge in [-0.15, -0.1) is 0 Å². The molecule has 1 saturated heterocycles. The summed E-state index contributed by atoms with van der Waals surface area (Å²) in [4.78, 5) is 25.3. The first-order valence-corrected chi connectivity index (χ1v) is 6.99. The lowest BCUT2D eigenvalue weighted by Crippen LogP contribution is -2.40. The molecule has 1 N–H and O–H groups in total. The van der Waals surface area contributed by atoms with Crippen LogP contribution in [0.3, 0.4) is 0 Å². The molecule has 0 spiro atoms. The summed E-state index contributed by atoms with van der Waals surface area (Å²) in [6, 6.07) is 6.15. The lowest BCUT2D eigenvalue weighted by molar-refractivity contribution is -0.139. The molecule has 2 amide bonds. The number of hydrogen-bond donors (Lipinski definition) is 1. The zero-order chi connectivity index (χ0) is 14.1. The third-order valence-corrected chi connectivity index (χ3v) is 3.79. The fourth-order valence-electron chi connectivity index (χ4n) is 2.61. The molecule has 1 unspecified atom stereocenters. The second-order valence-corrected chi connectivity index (χ2v) is 5.42. The van der Waals surface area contributed by atoms with Crippen LogP contribution in [0, 0.1) is 5.82 Å². The Morgan fingerprint density at radius 1 is 1.30 bits per heavy atom. The normalized spacial score (nSPS) is 22.6. The molecular formula is C15H17FN2O2. The van der Waals surface area contributed by atoms with Gasteiger partial charge in [0.05, 0.1) is 12.5 Å². The van der Waals surface area contributed by atoms with E-state index in [9.17, 15) is 14.0 Å². The van der Waals surface area contributed by atoms with E-state index in [4.69, 9.17) is 0 Å². The summed E-state index contributed by atoms with van der Waals surface area (Å²) >= 11 is 0. The molecule has 2 aliphatic rings. The van der Waals surface area contributed by atoms with Gasteiger partial charge in [-0.1, -0.05) is 12.1 Å². The van der Waals surface area contributed by atoms with Gasteiger partial charge in [-0.2, -0.15) is 0 Å². The minimum atomic E-state index is -0.406. The zero-order valence-corrected chi connectivity index (χ0v) is 11.1. The second-order valence-electron chi connectivity index (χ2n) is 5.42. The van der Waals surface area contributed by atoms with Crippen LogP contribution >= 0.6 is 0 Å². The Morgan fingerprint density at radius 2 is 2.10 bits per heavy atom. The minimum Gasteiger partial charge on any atom is -0.305 e. The highest BCUT2D eigenvalue weighted by molar-refractivity contribution is 6.06. The van der Waals surface area contributed by atoms with Crippen LogP contribution < -0.4 is 5.32 Å². The molecule has 106 valence electrons. The van der Waals surface area contributed by atoms with Gasteiger partial charge >= 0.3 is 0 Å². The fourth-order valence-corrected chi connectivity index (χ4v) is 2.61. The van der Waals surface area contributed by atoms with E-state index in [1.54, 1.807) is 6.07 Å². The molecule has 1 heterocycles. The average Bonchev–Trinajstić information content (AvgIpc) is 3.18. The fraction of sp³-hybridized carbons (Fsp3) is 0.467. The molecule has 20 heavy (non-hydrogen) atoms. The molecule has 1 aromatic carbocycles. The van der Waals surface area contributed by atoms with Gasteiger partial charge < -0.3 is 5.32 Å². The van der Waals surface area contributed by atoms with Crippen LogP contribution in [0.5, 0.6) is 0 Å². The maximum atomic E-state index is 13.0. The van der Waals surface area contributed by atoms with Gasteiger partial charge in [0.1, 0.15) is 5.82 Å². The van der Waals surface area contributed by atoms with Crippen molar-refractivity contribution in [2.75, 3.05) is 6.54 Å². The smallest absolute Gasteiger partial charge is 0.247 e. The van der Waals surface area contributed by atoms with Crippen molar-refractivity contribution < 1.29 is 14.0 Å². The maximum Gasteiger partial charge on any atom is 0.247 e. The molecule has 3 rings (SSSR count). The Labute approximate surface area is 117 Å². The summed E-state index contributed by atoms with van der Waals surface area (Å²) in [5.41, 5.74) is 0.883. The minimum absolute atomic E-state index is 0.0687. The lowest BCUT2D eigenvalue weighted by atomic mass is 10.1. The number of imide groups is 1. The highest BCUT2D eigenvalue weighted by atomic mass is 19.1. The van der Waals surface area contributed by atoms with E-state index in [-0.39, 0.29) is 30.1 Å². The van der Waals surface area contributed by atoms with Crippen LogP contribution in [0.1, 0.15) is 24.8 Å². The van der Waals surface area contributed by atoms with E-state index >= 15 is 0 Å². The first-order chi connectivity index (χ1) is 9.65. The van der Waals surface area contributed by atoms with Crippen molar-refractivity contribution in [1.29, 1.82) is 0 Å². The summed E-state index contributed by atoms with van der Waals surface area (Å²) in [6.45, 7) is 0.561. The van der Waals surface area contributed by atoms with Gasteiger partial charge in [-0.25, -0.2) is 4.39 Å². The predicted octanol–water partition coefficient (Wildman–Crippen LogP) is 1.25. The highest BCUT2D eigenvalue weighted by Gasteiger charge is 2.45. The van der Waals surface area contributed by atoms with Crippen molar-refractivity contribution in [2.24, 2.45) is 0 Å². The van der Waals surface area contributed by atoms with E-state index in [1.165, 1.54) is 17.0 Å². The standard InChI is InChI=1S/C15H17FN2O2/c16-11-3-1-2-10(8-11)6-7-17-13-9-14(19)18(15(13)20)12-4-5-12/h1-3,8,12-13,17H,4-7,9H2. The van der Waals surface area contributed by atoms with Gasteiger partial charge in [0.15, 0.2) is 0 Å². The average molecular weight is 276 g/mol. The number of nitrogens with zero attached hydrogens (tertiary/aromatic N) is 1. The van der Waals surface area contributed by atoms with Gasteiger partial charge in [0.2, 0.25) is 11.8 Å². The van der Waals surface area contributed by atoms with Crippen LogP contribution in [-0.4, -0.2) is 35.3 Å². The van der Waals surface area contributed by atoms with E-state index in [2.05, 4.69) is 5.32 Å². The number of hydrogen-bond acceptors (Lipinski definition) is 3. The first-order valence-electron chi connectivity index (χ1n) is 6.99. The zero-order valence-electron chi connectivity index (χ0n) is 11.1. The monoisotopic (exact) mass is 276 g/mol. The summed E-state index contributed by atoms with van der Waals surface area (Å²) in [5.74, 6) is -0.424. The van der Waals surface area contributed by atoms with Crippen molar-refractivity contribution >= 4 is 11.8 Å². The molecule has 1 saturated carbocycles. The van der Waals surface area contributed by atoms with E-state index in [0.29, 0.717) is 13.0 Å². The van der Waals surface area contributed by atoms with E-state index < -0.39 is 6.04 Å². The first kappa shape index (κ1) is 13.2. The third-order valence-electron chi connectivity index (χ3n) is 3.79. The van der Waals surface area contributed by atoms with E-state index in [0.717, 1.165) is 18.4 Å². The molecule has 5 heteroatoms. The molecule has 1 aliphatic heterocycles. The summed E-state index contributed by atoms with van der Waals surface area (Å²) in [7, 11) is 0. The molecule has 4 nitrogen and oxygen atoms in total. The number of halogens is 1. The number of benzene rings is 1. The van der Waals surface area contributed by atoms with Crippen LogP contribution in [0.25, 0.3) is 0 Å². The molecule has 0 radical (unpaired) electrons. The number of carbonyl (C=O) groups is 2. The van der Waals surface area contributed by atoms with Crippen molar-refractivity contribution in [2.45, 2.75) is 37.8 Å². The van der Waals surface area contributed by atoms with Crippen molar-refractivity contribution in [3.63, 3.8) is 0 Å². The van der Waals surface area contributed by atoms with Crippen molar-refractivity contribution in [1.82, 2.24) is 10.2 Å². The number of likely N-dealkylation sites (tertiary alicyclic amines) is 1. The van der Waals surface area contributed by atoms with E-state index in [1.807, 2.05) is 6.07 Å². The largest absolute Gasteiger partial charge is 0.305 e. The number of amides is 2. The summed E-state index contributed by atoms with van der Waals surface area (Å²) in [5, 5.41) is 3.11. The van der Waals surface area contributed by atoms with Crippen molar-refractivity contribution in [3.05, 3.63) is 35.6 Å². The van der Waals surface area contributed by atoms with Crippen LogP contribution in [0.2, 0.25) is 0 Å². The Hall–Kier alpha value is -1.75. The quantitative estimate of drug-likeness (QED) is 0.823. The second kappa shape index (κ2) is 5.32. The van der Waals surface area contributed by atoms with Crippen LogP contribution in [-0.2, 0) is 16.0 Å². The van der Waals surface area contributed by atoms with Crippen LogP contribution in [0.15, 0.2) is 24.3 Å². The Kier molecular flexibility index (Phi) is 3.53. The van der Waals surface area contributed by atoms with Gasteiger partial charge in [0.25, 0.3) is 0 Å². The third kappa shape index (κ3) is 2.72. The molecule has 1 aliphatic carbocycles. The van der Waals surface area contributed by atoms with Crippen LogP contribution in [0.4, 0.5) is 4.39 Å². The summed E-state index contributed by atoms with van der Waals surface area (Å²) in [6.07, 6.45) is 2.76. The molecule has 1 atom stereocenters. The topological polar surface area (TPSA) is 49.4 Å². The molecule has 2 fully saturated rings. The number of rotatable bonds is 5. The van der Waals surface area contributed by atoms with Crippen molar-refractivity contribution in [3.8, 4) is 0 Å². The molecular weight excluding hydrogens is 259 g/mol. The molecule has 0 bridgehead atoms. The Balaban J connectivity index is 1.51. The molecule has 1 aromatic rings. The number of nitrogens with one attached hydrogen (secondary N) is 1.